The smallest absolute Gasteiger partial charge is 0.234 e. The number of carbonyl (C=O) groups excluding carboxylic acids is 1. The lowest BCUT2D eigenvalue weighted by molar-refractivity contribution is -0.113. The van der Waals surface area contributed by atoms with Crippen LogP contribution in [0.3, 0.4) is 0 Å². The van der Waals surface area contributed by atoms with Gasteiger partial charge in [-0.15, -0.1) is 16.4 Å². The third kappa shape index (κ3) is 4.33. The maximum absolute atomic E-state index is 12.1. The van der Waals surface area contributed by atoms with E-state index < -0.39 is 0 Å². The van der Waals surface area contributed by atoms with E-state index in [2.05, 4.69) is 43.1 Å². The molecule has 2 heterocycles. The lowest BCUT2D eigenvalue weighted by Crippen LogP contribution is -2.15. The molecule has 5 nitrogen and oxygen atoms in total. The summed E-state index contributed by atoms with van der Waals surface area (Å²) in [4.78, 5) is 17.5. The predicted molar refractivity (Wildman–Crippen MR) is 103 cm³/mol. The van der Waals surface area contributed by atoms with E-state index in [1.54, 1.807) is 11.3 Å². The van der Waals surface area contributed by atoms with Gasteiger partial charge in [0.25, 0.3) is 0 Å². The van der Waals surface area contributed by atoms with Crippen LogP contribution in [0.25, 0.3) is 10.7 Å². The summed E-state index contributed by atoms with van der Waals surface area (Å²) in [6, 6.07) is 9.87. The summed E-state index contributed by atoms with van der Waals surface area (Å²) in [5, 5.41) is 12.5. The van der Waals surface area contributed by atoms with E-state index in [1.165, 1.54) is 11.8 Å². The number of aromatic nitrogens is 3. The number of aryl methyl sites for hydroxylation is 1. The Morgan fingerprint density at radius 3 is 3.04 bits per heavy atom. The molecule has 0 radical (unpaired) electrons. The number of aromatic amines is 1. The van der Waals surface area contributed by atoms with Gasteiger partial charge < -0.3 is 5.32 Å². The van der Waals surface area contributed by atoms with Gasteiger partial charge in [-0.1, -0.05) is 17.8 Å². The first-order chi connectivity index (χ1) is 11.1. The second-order valence-electron chi connectivity index (χ2n) is 4.74. The second kappa shape index (κ2) is 7.45. The summed E-state index contributed by atoms with van der Waals surface area (Å²) in [6.45, 7) is 1.98. The van der Waals surface area contributed by atoms with Gasteiger partial charge in [-0.3, -0.25) is 9.89 Å². The Balaban J connectivity index is 1.57. The third-order valence-corrected chi connectivity index (χ3v) is 5.41. The highest BCUT2D eigenvalue weighted by Crippen LogP contribution is 2.23. The number of halogens is 1. The van der Waals surface area contributed by atoms with Crippen LogP contribution in [0.2, 0.25) is 0 Å². The Labute approximate surface area is 155 Å². The Hall–Kier alpha value is -1.39. The van der Waals surface area contributed by atoms with Crippen molar-refractivity contribution < 1.29 is 4.79 Å². The Morgan fingerprint density at radius 2 is 2.30 bits per heavy atom. The number of thiophene rings is 1. The number of hydrogen-bond acceptors (Lipinski definition) is 5. The molecular weight excluding hydrogens is 443 g/mol. The molecule has 23 heavy (non-hydrogen) atoms. The Morgan fingerprint density at radius 1 is 1.43 bits per heavy atom. The second-order valence-corrected chi connectivity index (χ2v) is 7.88. The number of thioether (sulfide) groups is 1. The standard InChI is InChI=1S/C15H13IN4OS2/c1-9-7-10(16)4-5-11(9)17-13(21)8-23-15-18-14(19-20-15)12-3-2-6-22-12/h2-7H,8H2,1H3,(H,17,21)(H,18,19,20). The lowest BCUT2D eigenvalue weighted by atomic mass is 10.2. The van der Waals surface area contributed by atoms with Gasteiger partial charge >= 0.3 is 0 Å². The van der Waals surface area contributed by atoms with Crippen LogP contribution in [-0.4, -0.2) is 26.8 Å². The van der Waals surface area contributed by atoms with Crippen molar-refractivity contribution in [1.82, 2.24) is 15.2 Å². The van der Waals surface area contributed by atoms with Crippen LogP contribution >= 0.6 is 45.7 Å². The zero-order valence-corrected chi connectivity index (χ0v) is 16.0. The van der Waals surface area contributed by atoms with E-state index in [1.807, 2.05) is 42.6 Å². The molecule has 0 fully saturated rings. The van der Waals surface area contributed by atoms with Gasteiger partial charge in [0.1, 0.15) is 0 Å². The molecule has 1 amide bonds. The Bertz CT molecular complexity index is 817. The van der Waals surface area contributed by atoms with Crippen molar-refractivity contribution in [2.24, 2.45) is 0 Å². The molecule has 118 valence electrons. The van der Waals surface area contributed by atoms with Crippen LogP contribution in [0.4, 0.5) is 5.69 Å². The highest BCUT2D eigenvalue weighted by Gasteiger charge is 2.10. The first kappa shape index (κ1) is 16.5. The van der Waals surface area contributed by atoms with E-state index >= 15 is 0 Å². The molecule has 0 aliphatic rings. The number of H-pyrrole nitrogens is 1. The van der Waals surface area contributed by atoms with Gasteiger partial charge in [0.05, 0.1) is 10.6 Å². The number of benzene rings is 1. The predicted octanol–water partition coefficient (Wildman–Crippen LogP) is 4.18. The molecule has 3 aromatic rings. The maximum atomic E-state index is 12.1. The highest BCUT2D eigenvalue weighted by atomic mass is 127. The van der Waals surface area contributed by atoms with Crippen LogP contribution in [0.15, 0.2) is 40.9 Å². The number of amides is 1. The van der Waals surface area contributed by atoms with Crippen molar-refractivity contribution in [3.05, 3.63) is 44.8 Å². The van der Waals surface area contributed by atoms with Gasteiger partial charge in [-0.2, -0.15) is 0 Å². The molecule has 0 atom stereocenters. The molecule has 0 spiro atoms. The SMILES string of the molecule is Cc1cc(I)ccc1NC(=O)CSc1n[nH]c(-c2cccs2)n1. The first-order valence-corrected chi connectivity index (χ1v) is 9.71. The summed E-state index contributed by atoms with van der Waals surface area (Å²) in [5.41, 5.74) is 1.89. The average Bonchev–Trinajstić information content (AvgIpc) is 3.18. The van der Waals surface area contributed by atoms with Crippen molar-refractivity contribution in [2.45, 2.75) is 12.1 Å². The molecule has 8 heteroatoms. The van der Waals surface area contributed by atoms with Gasteiger partial charge in [-0.25, -0.2) is 4.98 Å². The summed E-state index contributed by atoms with van der Waals surface area (Å²) < 4.78 is 1.15. The first-order valence-electron chi connectivity index (χ1n) is 6.77. The fourth-order valence-electron chi connectivity index (χ4n) is 1.92. The van der Waals surface area contributed by atoms with E-state index in [0.717, 1.165) is 25.5 Å². The van der Waals surface area contributed by atoms with Crippen LogP contribution in [0.1, 0.15) is 5.56 Å². The highest BCUT2D eigenvalue weighted by molar-refractivity contribution is 14.1. The molecule has 0 saturated heterocycles. The van der Waals surface area contributed by atoms with E-state index in [0.29, 0.717) is 5.16 Å². The van der Waals surface area contributed by atoms with Crippen LogP contribution in [0, 0.1) is 10.5 Å². The van der Waals surface area contributed by atoms with Crippen LogP contribution < -0.4 is 5.32 Å². The van der Waals surface area contributed by atoms with Gasteiger partial charge in [-0.05, 0) is 64.7 Å². The number of rotatable bonds is 5. The monoisotopic (exact) mass is 456 g/mol. The minimum absolute atomic E-state index is 0.0678. The summed E-state index contributed by atoms with van der Waals surface area (Å²) in [7, 11) is 0. The van der Waals surface area contributed by atoms with Gasteiger partial charge in [0.2, 0.25) is 11.1 Å². The zero-order valence-electron chi connectivity index (χ0n) is 12.2. The zero-order chi connectivity index (χ0) is 16.2. The number of nitrogens with one attached hydrogen (secondary N) is 2. The summed E-state index contributed by atoms with van der Waals surface area (Å²) in [5.74, 6) is 0.936. The lowest BCUT2D eigenvalue weighted by Gasteiger charge is -2.07. The molecule has 0 bridgehead atoms. The number of carbonyl (C=O) groups is 1. The largest absolute Gasteiger partial charge is 0.325 e. The third-order valence-electron chi connectivity index (χ3n) is 3.01. The fraction of sp³-hybridized carbons (Fsp3) is 0.133. The van der Waals surface area contributed by atoms with E-state index in [4.69, 9.17) is 0 Å². The molecule has 0 aliphatic heterocycles. The molecule has 2 aromatic heterocycles. The minimum atomic E-state index is -0.0678. The van der Waals surface area contributed by atoms with Crippen molar-refractivity contribution in [3.8, 4) is 10.7 Å². The molecular formula is C15H13IN4OS2. The van der Waals surface area contributed by atoms with Gasteiger partial charge in [0.15, 0.2) is 5.82 Å². The van der Waals surface area contributed by atoms with E-state index in [9.17, 15) is 4.79 Å². The van der Waals surface area contributed by atoms with Gasteiger partial charge in [0, 0.05) is 9.26 Å². The van der Waals surface area contributed by atoms with Crippen molar-refractivity contribution in [2.75, 3.05) is 11.1 Å². The molecule has 3 rings (SSSR count). The number of anilines is 1. The Kier molecular flexibility index (Phi) is 5.34. The maximum Gasteiger partial charge on any atom is 0.234 e. The van der Waals surface area contributed by atoms with Crippen LogP contribution in [-0.2, 0) is 4.79 Å². The van der Waals surface area contributed by atoms with Crippen molar-refractivity contribution in [3.63, 3.8) is 0 Å². The van der Waals surface area contributed by atoms with Crippen molar-refractivity contribution in [1.29, 1.82) is 0 Å². The van der Waals surface area contributed by atoms with E-state index in [-0.39, 0.29) is 11.7 Å². The molecule has 2 N–H and O–H groups in total. The quantitative estimate of drug-likeness (QED) is 0.447. The molecule has 0 saturated carbocycles. The van der Waals surface area contributed by atoms with Crippen molar-refractivity contribution >= 4 is 57.3 Å². The molecule has 0 aliphatic carbocycles. The normalized spacial score (nSPS) is 10.7. The van der Waals surface area contributed by atoms with Crippen LogP contribution in [0.5, 0.6) is 0 Å². The average molecular weight is 456 g/mol. The summed E-state index contributed by atoms with van der Waals surface area (Å²) in [6.07, 6.45) is 0. The fourth-order valence-corrected chi connectivity index (χ4v) is 3.83. The molecule has 1 aromatic carbocycles. The molecule has 0 unspecified atom stereocenters. The summed E-state index contributed by atoms with van der Waals surface area (Å²) >= 11 is 5.16. The topological polar surface area (TPSA) is 70.7 Å². The minimum Gasteiger partial charge on any atom is -0.325 e. The number of hydrogen-bond donors (Lipinski definition) is 2. The number of nitrogens with zero attached hydrogens (tertiary/aromatic N) is 2.